The van der Waals surface area contributed by atoms with E-state index in [4.69, 9.17) is 27.9 Å². The lowest BCUT2D eigenvalue weighted by molar-refractivity contribution is -0.114. The zero-order valence-corrected chi connectivity index (χ0v) is 18.3. The van der Waals surface area contributed by atoms with Crippen molar-refractivity contribution in [3.8, 4) is 5.75 Å². The van der Waals surface area contributed by atoms with Crippen molar-refractivity contribution >= 4 is 40.7 Å². The fourth-order valence-corrected chi connectivity index (χ4v) is 3.65. The molecule has 6 nitrogen and oxygen atoms in total. The minimum atomic E-state index is -0.167. The maximum atomic E-state index is 12.3. The first kappa shape index (κ1) is 22.4. The SMILES string of the molecule is CC(=O)Nc1cccc(C(=O)NCCN2CCC(Oc3ccc(Cl)c(Cl)c3)CC2)c1. The van der Waals surface area contributed by atoms with Gasteiger partial charge in [0.1, 0.15) is 11.9 Å². The lowest BCUT2D eigenvalue weighted by Gasteiger charge is -2.32. The first-order valence-corrected chi connectivity index (χ1v) is 10.7. The van der Waals surface area contributed by atoms with Gasteiger partial charge >= 0.3 is 0 Å². The minimum Gasteiger partial charge on any atom is -0.490 e. The Kier molecular flexibility index (Phi) is 7.96. The Bertz CT molecular complexity index is 899. The van der Waals surface area contributed by atoms with Gasteiger partial charge in [-0.2, -0.15) is 0 Å². The summed E-state index contributed by atoms with van der Waals surface area (Å²) in [6, 6.07) is 12.2. The Morgan fingerprint density at radius 3 is 2.57 bits per heavy atom. The number of benzene rings is 2. The summed E-state index contributed by atoms with van der Waals surface area (Å²) in [5.74, 6) is 0.413. The fraction of sp³-hybridized carbons (Fsp3) is 0.364. The Morgan fingerprint density at radius 2 is 1.87 bits per heavy atom. The molecule has 0 atom stereocenters. The molecule has 30 heavy (non-hydrogen) atoms. The Balaban J connectivity index is 1.39. The molecular weight excluding hydrogens is 425 g/mol. The van der Waals surface area contributed by atoms with Crippen LogP contribution in [-0.4, -0.2) is 49.0 Å². The van der Waals surface area contributed by atoms with E-state index in [-0.39, 0.29) is 17.9 Å². The van der Waals surface area contributed by atoms with E-state index in [0.717, 1.165) is 38.2 Å². The standard InChI is InChI=1S/C22H25Cl2N3O3/c1-15(28)26-17-4-2-3-16(13-17)22(29)25-9-12-27-10-7-18(8-11-27)30-19-5-6-20(23)21(24)14-19/h2-6,13-14,18H,7-12H2,1H3,(H,25,29)(H,26,28). The molecule has 2 amide bonds. The second-order valence-corrected chi connectivity index (χ2v) is 8.07. The van der Waals surface area contributed by atoms with Gasteiger partial charge in [0.15, 0.2) is 0 Å². The maximum Gasteiger partial charge on any atom is 0.251 e. The van der Waals surface area contributed by atoms with Crippen molar-refractivity contribution in [1.29, 1.82) is 0 Å². The van der Waals surface area contributed by atoms with Crippen LogP contribution in [0.25, 0.3) is 0 Å². The zero-order valence-electron chi connectivity index (χ0n) is 16.8. The van der Waals surface area contributed by atoms with Crippen molar-refractivity contribution in [2.45, 2.75) is 25.9 Å². The molecule has 1 heterocycles. The van der Waals surface area contributed by atoms with E-state index in [9.17, 15) is 9.59 Å². The second-order valence-electron chi connectivity index (χ2n) is 7.25. The monoisotopic (exact) mass is 449 g/mol. The number of amides is 2. The van der Waals surface area contributed by atoms with Crippen molar-refractivity contribution in [2.24, 2.45) is 0 Å². The summed E-state index contributed by atoms with van der Waals surface area (Å²) in [6.07, 6.45) is 1.96. The van der Waals surface area contributed by atoms with Crippen LogP contribution >= 0.6 is 23.2 Å². The van der Waals surface area contributed by atoms with Crippen LogP contribution in [0.15, 0.2) is 42.5 Å². The number of halogens is 2. The highest BCUT2D eigenvalue weighted by Gasteiger charge is 2.20. The van der Waals surface area contributed by atoms with E-state index in [1.807, 2.05) is 6.07 Å². The van der Waals surface area contributed by atoms with Crippen LogP contribution in [0.2, 0.25) is 10.0 Å². The first-order chi connectivity index (χ1) is 14.4. The molecule has 0 bridgehead atoms. The van der Waals surface area contributed by atoms with Gasteiger partial charge in [-0.25, -0.2) is 0 Å². The quantitative estimate of drug-likeness (QED) is 0.663. The van der Waals surface area contributed by atoms with Crippen molar-refractivity contribution in [2.75, 3.05) is 31.5 Å². The Hall–Kier alpha value is -2.28. The maximum absolute atomic E-state index is 12.3. The van der Waals surface area contributed by atoms with E-state index in [2.05, 4.69) is 15.5 Å². The normalized spacial score (nSPS) is 14.9. The number of nitrogens with zero attached hydrogens (tertiary/aromatic N) is 1. The number of nitrogens with one attached hydrogen (secondary N) is 2. The third kappa shape index (κ3) is 6.62. The highest BCUT2D eigenvalue weighted by molar-refractivity contribution is 6.42. The predicted octanol–water partition coefficient (Wildman–Crippen LogP) is 4.23. The summed E-state index contributed by atoms with van der Waals surface area (Å²) in [6.45, 7) is 4.57. The molecule has 1 fully saturated rings. The van der Waals surface area contributed by atoms with Crippen LogP contribution in [-0.2, 0) is 4.79 Å². The van der Waals surface area contributed by atoms with Gasteiger partial charge in [-0.3, -0.25) is 9.59 Å². The van der Waals surface area contributed by atoms with Gasteiger partial charge in [0.25, 0.3) is 5.91 Å². The number of piperidine rings is 1. The summed E-state index contributed by atoms with van der Waals surface area (Å²) >= 11 is 12.0. The molecule has 0 spiro atoms. The topological polar surface area (TPSA) is 70.7 Å². The van der Waals surface area contributed by atoms with E-state index in [0.29, 0.717) is 27.8 Å². The van der Waals surface area contributed by atoms with Crippen LogP contribution in [0.3, 0.4) is 0 Å². The highest BCUT2D eigenvalue weighted by atomic mass is 35.5. The second kappa shape index (κ2) is 10.7. The summed E-state index contributed by atoms with van der Waals surface area (Å²) in [5.41, 5.74) is 1.13. The zero-order chi connectivity index (χ0) is 21.5. The summed E-state index contributed by atoms with van der Waals surface area (Å²) in [4.78, 5) is 25.8. The van der Waals surface area contributed by atoms with Crippen molar-refractivity contribution in [1.82, 2.24) is 10.2 Å². The Labute approximate surface area is 186 Å². The molecule has 1 saturated heterocycles. The molecule has 0 aliphatic carbocycles. The molecule has 8 heteroatoms. The van der Waals surface area contributed by atoms with Gasteiger partial charge < -0.3 is 20.3 Å². The molecule has 3 rings (SSSR count). The van der Waals surface area contributed by atoms with Crippen LogP contribution in [0.4, 0.5) is 5.69 Å². The molecule has 0 radical (unpaired) electrons. The largest absolute Gasteiger partial charge is 0.490 e. The minimum absolute atomic E-state index is 0.143. The molecular formula is C22H25Cl2N3O3. The van der Waals surface area contributed by atoms with Crippen molar-refractivity contribution in [3.63, 3.8) is 0 Å². The van der Waals surface area contributed by atoms with E-state index in [1.165, 1.54) is 6.92 Å². The van der Waals surface area contributed by atoms with Gasteiger partial charge in [0.2, 0.25) is 5.91 Å². The highest BCUT2D eigenvalue weighted by Crippen LogP contribution is 2.28. The average molecular weight is 450 g/mol. The predicted molar refractivity (Wildman–Crippen MR) is 120 cm³/mol. The van der Waals surface area contributed by atoms with Gasteiger partial charge in [-0.1, -0.05) is 29.3 Å². The number of likely N-dealkylation sites (tertiary alicyclic amines) is 1. The lowest BCUT2D eigenvalue weighted by atomic mass is 10.1. The number of carbonyl (C=O) groups is 2. The third-order valence-electron chi connectivity index (χ3n) is 4.89. The number of anilines is 1. The smallest absolute Gasteiger partial charge is 0.251 e. The van der Waals surface area contributed by atoms with Crippen molar-refractivity contribution < 1.29 is 14.3 Å². The first-order valence-electron chi connectivity index (χ1n) is 9.90. The van der Waals surface area contributed by atoms with Crippen LogP contribution < -0.4 is 15.4 Å². The molecule has 0 aromatic heterocycles. The molecule has 2 aromatic rings. The molecule has 2 N–H and O–H groups in total. The molecule has 0 unspecified atom stereocenters. The molecule has 1 aliphatic rings. The van der Waals surface area contributed by atoms with Gasteiger partial charge in [-0.05, 0) is 43.2 Å². The number of hydrogen-bond acceptors (Lipinski definition) is 4. The summed E-state index contributed by atoms with van der Waals surface area (Å²) in [5, 5.41) is 6.63. The van der Waals surface area contributed by atoms with E-state index >= 15 is 0 Å². The number of ether oxygens (including phenoxy) is 1. The molecule has 0 saturated carbocycles. The average Bonchev–Trinajstić information content (AvgIpc) is 2.72. The summed E-state index contributed by atoms with van der Waals surface area (Å²) < 4.78 is 6.01. The van der Waals surface area contributed by atoms with E-state index < -0.39 is 0 Å². The fourth-order valence-electron chi connectivity index (χ4n) is 3.36. The van der Waals surface area contributed by atoms with Gasteiger partial charge in [0.05, 0.1) is 10.0 Å². The molecule has 160 valence electrons. The van der Waals surface area contributed by atoms with Crippen molar-refractivity contribution in [3.05, 3.63) is 58.1 Å². The number of carbonyl (C=O) groups excluding carboxylic acids is 2. The number of rotatable bonds is 7. The van der Waals surface area contributed by atoms with Crippen LogP contribution in [0.5, 0.6) is 5.75 Å². The molecule has 1 aliphatic heterocycles. The third-order valence-corrected chi connectivity index (χ3v) is 5.63. The van der Waals surface area contributed by atoms with Crippen LogP contribution in [0.1, 0.15) is 30.1 Å². The van der Waals surface area contributed by atoms with Crippen LogP contribution in [0, 0.1) is 0 Å². The molecule has 2 aromatic carbocycles. The number of hydrogen-bond donors (Lipinski definition) is 2. The summed E-state index contributed by atoms with van der Waals surface area (Å²) in [7, 11) is 0. The Morgan fingerprint density at radius 1 is 1.10 bits per heavy atom. The van der Waals surface area contributed by atoms with Gasteiger partial charge in [-0.15, -0.1) is 0 Å². The van der Waals surface area contributed by atoms with Gasteiger partial charge in [0, 0.05) is 50.4 Å². The van der Waals surface area contributed by atoms with E-state index in [1.54, 1.807) is 36.4 Å². The lowest BCUT2D eigenvalue weighted by Crippen LogP contribution is -2.42.